The molecule has 3 heterocycles. The van der Waals surface area contributed by atoms with Crippen LogP contribution in [0.2, 0.25) is 0 Å². The second kappa shape index (κ2) is 6.96. The molecule has 0 atom stereocenters. The molecule has 3 rings (SSSR count). The number of halogens is 4. The first kappa shape index (κ1) is 17.6. The summed E-state index contributed by atoms with van der Waals surface area (Å²) in [5, 5.41) is 3.34. The molecule has 0 aromatic carbocycles. The lowest BCUT2D eigenvalue weighted by atomic mass is 10.2. The van der Waals surface area contributed by atoms with E-state index in [1.54, 1.807) is 10.6 Å². The van der Waals surface area contributed by atoms with E-state index in [2.05, 4.69) is 24.6 Å². The zero-order valence-electron chi connectivity index (χ0n) is 13.0. The summed E-state index contributed by atoms with van der Waals surface area (Å²) < 4.78 is 49.1. The highest BCUT2D eigenvalue weighted by Gasteiger charge is 2.38. The molecule has 3 aromatic heterocycles. The molecule has 3 aromatic rings. The van der Waals surface area contributed by atoms with Crippen molar-refractivity contribution < 1.29 is 22.4 Å². The Balaban J connectivity index is 1.96. The number of rotatable bonds is 6. The summed E-state index contributed by atoms with van der Waals surface area (Å²) in [6.45, 7) is 3.45. The third-order valence-corrected chi connectivity index (χ3v) is 3.61. The SMILES string of the molecule is CCOCCn1c(CCl)nc2cc(-c3noc(C(F)(F)F)n3)cnc21. The summed E-state index contributed by atoms with van der Waals surface area (Å²) in [7, 11) is 0. The third-order valence-electron chi connectivity index (χ3n) is 3.37. The van der Waals surface area contributed by atoms with E-state index in [1.165, 1.54) is 6.20 Å². The number of nitrogens with zero attached hydrogens (tertiary/aromatic N) is 5. The van der Waals surface area contributed by atoms with Gasteiger partial charge in [0.15, 0.2) is 5.65 Å². The average Bonchev–Trinajstić information content (AvgIpc) is 3.19. The van der Waals surface area contributed by atoms with Crippen LogP contribution in [-0.4, -0.2) is 37.9 Å². The first-order chi connectivity index (χ1) is 11.9. The first-order valence-electron chi connectivity index (χ1n) is 7.34. The highest BCUT2D eigenvalue weighted by atomic mass is 35.5. The zero-order chi connectivity index (χ0) is 18.0. The maximum Gasteiger partial charge on any atom is 0.471 e. The van der Waals surface area contributed by atoms with E-state index in [0.717, 1.165) is 0 Å². The van der Waals surface area contributed by atoms with Gasteiger partial charge < -0.3 is 13.8 Å². The fourth-order valence-corrected chi connectivity index (χ4v) is 2.48. The highest BCUT2D eigenvalue weighted by Crippen LogP contribution is 2.30. The Morgan fingerprint density at radius 3 is 2.76 bits per heavy atom. The van der Waals surface area contributed by atoms with Crippen molar-refractivity contribution in [2.24, 2.45) is 0 Å². The van der Waals surface area contributed by atoms with Gasteiger partial charge in [0.05, 0.1) is 12.5 Å². The molecule has 0 saturated heterocycles. The van der Waals surface area contributed by atoms with E-state index in [9.17, 15) is 13.2 Å². The monoisotopic (exact) mass is 375 g/mol. The summed E-state index contributed by atoms with van der Waals surface area (Å²) in [5.74, 6) is -0.868. The van der Waals surface area contributed by atoms with Crippen LogP contribution < -0.4 is 0 Å². The van der Waals surface area contributed by atoms with Crippen molar-refractivity contribution in [2.75, 3.05) is 13.2 Å². The van der Waals surface area contributed by atoms with Gasteiger partial charge in [-0.3, -0.25) is 0 Å². The predicted octanol–water partition coefficient (Wildman–Crippen LogP) is 3.28. The lowest BCUT2D eigenvalue weighted by Gasteiger charge is -2.06. The molecule has 0 amide bonds. The minimum Gasteiger partial charge on any atom is -0.380 e. The Morgan fingerprint density at radius 1 is 1.32 bits per heavy atom. The number of hydrogen-bond donors (Lipinski definition) is 0. The number of imidazole rings is 1. The fraction of sp³-hybridized carbons (Fsp3) is 0.429. The molecular formula is C14H13ClF3N5O2. The zero-order valence-corrected chi connectivity index (χ0v) is 13.8. The number of fused-ring (bicyclic) bond motifs is 1. The van der Waals surface area contributed by atoms with Crippen molar-refractivity contribution in [3.63, 3.8) is 0 Å². The van der Waals surface area contributed by atoms with Crippen LogP contribution in [0.15, 0.2) is 16.8 Å². The van der Waals surface area contributed by atoms with Crippen molar-refractivity contribution in [1.82, 2.24) is 24.7 Å². The van der Waals surface area contributed by atoms with Gasteiger partial charge in [-0.25, -0.2) is 9.97 Å². The molecule has 25 heavy (non-hydrogen) atoms. The molecule has 0 aliphatic carbocycles. The Hall–Kier alpha value is -2.20. The van der Waals surface area contributed by atoms with E-state index in [4.69, 9.17) is 16.3 Å². The minimum absolute atomic E-state index is 0.165. The van der Waals surface area contributed by atoms with Crippen molar-refractivity contribution in [1.29, 1.82) is 0 Å². The molecular weight excluding hydrogens is 363 g/mol. The standard InChI is InChI=1S/C14H13ClF3N5O2/c1-2-24-4-3-23-10(6-15)20-9-5-8(7-19-12(9)23)11-21-13(25-22-11)14(16,17)18/h5,7H,2-4,6H2,1H3. The largest absolute Gasteiger partial charge is 0.471 e. The van der Waals surface area contributed by atoms with E-state index in [0.29, 0.717) is 36.7 Å². The Labute approximate surface area is 144 Å². The van der Waals surface area contributed by atoms with Crippen molar-refractivity contribution in [2.45, 2.75) is 25.5 Å². The molecule has 11 heteroatoms. The van der Waals surface area contributed by atoms with E-state index in [1.807, 2.05) is 6.92 Å². The molecule has 134 valence electrons. The van der Waals surface area contributed by atoms with Gasteiger partial charge in [0, 0.05) is 24.9 Å². The summed E-state index contributed by atoms with van der Waals surface area (Å²) in [6, 6.07) is 1.54. The molecule has 0 aliphatic heterocycles. The number of ether oxygens (including phenoxy) is 1. The quantitative estimate of drug-likeness (QED) is 0.486. The predicted molar refractivity (Wildman–Crippen MR) is 81.9 cm³/mol. The van der Waals surface area contributed by atoms with Crippen LogP contribution in [-0.2, 0) is 23.3 Å². The molecule has 0 aliphatic rings. The number of hydrogen-bond acceptors (Lipinski definition) is 6. The second-order valence-corrected chi connectivity index (χ2v) is 5.27. The minimum atomic E-state index is -4.70. The Bertz CT molecular complexity index is 877. The first-order valence-corrected chi connectivity index (χ1v) is 7.87. The van der Waals surface area contributed by atoms with Crippen molar-refractivity contribution in [3.8, 4) is 11.4 Å². The molecule has 0 N–H and O–H groups in total. The molecule has 0 unspecified atom stereocenters. The highest BCUT2D eigenvalue weighted by molar-refractivity contribution is 6.16. The Morgan fingerprint density at radius 2 is 2.12 bits per heavy atom. The van der Waals surface area contributed by atoms with Gasteiger partial charge in [-0.05, 0) is 13.0 Å². The van der Waals surface area contributed by atoms with Crippen LogP contribution in [0.25, 0.3) is 22.6 Å². The van der Waals surface area contributed by atoms with Gasteiger partial charge >= 0.3 is 12.1 Å². The lowest BCUT2D eigenvalue weighted by molar-refractivity contribution is -0.159. The lowest BCUT2D eigenvalue weighted by Crippen LogP contribution is -2.09. The molecule has 0 radical (unpaired) electrons. The summed E-state index contributed by atoms with van der Waals surface area (Å²) >= 11 is 5.91. The van der Waals surface area contributed by atoms with Gasteiger partial charge in [0.2, 0.25) is 5.82 Å². The summed E-state index contributed by atoms with van der Waals surface area (Å²) in [5.41, 5.74) is 1.30. The smallest absolute Gasteiger partial charge is 0.380 e. The van der Waals surface area contributed by atoms with Gasteiger partial charge in [-0.15, -0.1) is 11.6 Å². The van der Waals surface area contributed by atoms with Gasteiger partial charge in [-0.1, -0.05) is 5.16 Å². The van der Waals surface area contributed by atoms with E-state index in [-0.39, 0.29) is 17.3 Å². The Kier molecular flexibility index (Phi) is 4.91. The molecule has 0 spiro atoms. The summed E-state index contributed by atoms with van der Waals surface area (Å²) in [4.78, 5) is 12.0. The second-order valence-electron chi connectivity index (χ2n) is 5.00. The molecule has 0 saturated carbocycles. The van der Waals surface area contributed by atoms with Crippen molar-refractivity contribution >= 4 is 22.8 Å². The number of aromatic nitrogens is 5. The normalized spacial score (nSPS) is 12.2. The van der Waals surface area contributed by atoms with E-state index >= 15 is 0 Å². The van der Waals surface area contributed by atoms with Crippen LogP contribution in [0.4, 0.5) is 13.2 Å². The van der Waals surface area contributed by atoms with Crippen LogP contribution in [0.5, 0.6) is 0 Å². The van der Waals surface area contributed by atoms with Crippen LogP contribution in [0.3, 0.4) is 0 Å². The number of pyridine rings is 1. The molecule has 7 nitrogen and oxygen atoms in total. The van der Waals surface area contributed by atoms with Crippen LogP contribution in [0.1, 0.15) is 18.6 Å². The number of alkyl halides is 4. The maximum absolute atomic E-state index is 12.6. The topological polar surface area (TPSA) is 78.9 Å². The van der Waals surface area contributed by atoms with E-state index < -0.39 is 12.1 Å². The average molecular weight is 376 g/mol. The molecule has 0 bridgehead atoms. The third kappa shape index (κ3) is 3.59. The fourth-order valence-electron chi connectivity index (χ4n) is 2.27. The van der Waals surface area contributed by atoms with Crippen molar-refractivity contribution in [3.05, 3.63) is 24.0 Å². The van der Waals surface area contributed by atoms with Gasteiger partial charge in [-0.2, -0.15) is 18.2 Å². The maximum atomic E-state index is 12.6. The molecule has 0 fully saturated rings. The van der Waals surface area contributed by atoms with Crippen LogP contribution in [0, 0.1) is 0 Å². The summed E-state index contributed by atoms with van der Waals surface area (Å²) in [6.07, 6.45) is -3.33. The van der Waals surface area contributed by atoms with Crippen LogP contribution >= 0.6 is 11.6 Å². The van der Waals surface area contributed by atoms with Gasteiger partial charge in [0.1, 0.15) is 11.3 Å². The van der Waals surface area contributed by atoms with Gasteiger partial charge in [0.25, 0.3) is 0 Å².